The standard InChI is InChI=1S/C12H25N/c1-11(2,3)10-7-8-13(9-10)12(4,5)6/h10H,7-9H2,1-6H3. The zero-order chi connectivity index (χ0) is 10.3. The van der Waals surface area contributed by atoms with Crippen LogP contribution in [0.5, 0.6) is 0 Å². The lowest BCUT2D eigenvalue weighted by Gasteiger charge is -2.33. The Labute approximate surface area is 83.5 Å². The maximum atomic E-state index is 2.61. The van der Waals surface area contributed by atoms with E-state index in [4.69, 9.17) is 0 Å². The first-order chi connectivity index (χ1) is 5.71. The second kappa shape index (κ2) is 3.27. The Kier molecular flexibility index (Phi) is 2.78. The van der Waals surface area contributed by atoms with Crippen LogP contribution < -0.4 is 0 Å². The van der Waals surface area contributed by atoms with E-state index < -0.39 is 0 Å². The third-order valence-electron chi connectivity index (χ3n) is 3.36. The minimum absolute atomic E-state index is 0.361. The van der Waals surface area contributed by atoms with Crippen molar-refractivity contribution in [2.75, 3.05) is 13.1 Å². The van der Waals surface area contributed by atoms with Crippen LogP contribution in [-0.2, 0) is 0 Å². The van der Waals surface area contributed by atoms with E-state index in [2.05, 4.69) is 46.4 Å². The summed E-state index contributed by atoms with van der Waals surface area (Å²) in [5, 5.41) is 0. The third kappa shape index (κ3) is 2.70. The fraction of sp³-hybridized carbons (Fsp3) is 1.00. The molecular weight excluding hydrogens is 158 g/mol. The summed E-state index contributed by atoms with van der Waals surface area (Å²) < 4.78 is 0. The van der Waals surface area contributed by atoms with Crippen LogP contribution in [0.1, 0.15) is 48.0 Å². The molecule has 78 valence electrons. The van der Waals surface area contributed by atoms with Crippen molar-refractivity contribution in [3.8, 4) is 0 Å². The van der Waals surface area contributed by atoms with Gasteiger partial charge in [-0.2, -0.15) is 0 Å². The van der Waals surface area contributed by atoms with Gasteiger partial charge in [0.05, 0.1) is 0 Å². The molecule has 1 rings (SSSR count). The zero-order valence-corrected chi connectivity index (χ0v) is 10.1. The van der Waals surface area contributed by atoms with Crippen LogP contribution in [0.15, 0.2) is 0 Å². The van der Waals surface area contributed by atoms with Gasteiger partial charge in [-0.15, -0.1) is 0 Å². The molecule has 1 heteroatoms. The number of hydrogen-bond acceptors (Lipinski definition) is 1. The molecule has 0 aromatic carbocycles. The summed E-state index contributed by atoms with van der Waals surface area (Å²) >= 11 is 0. The van der Waals surface area contributed by atoms with Gasteiger partial charge in [0.2, 0.25) is 0 Å². The molecule has 0 aromatic heterocycles. The van der Waals surface area contributed by atoms with Crippen LogP contribution in [0.2, 0.25) is 0 Å². The van der Waals surface area contributed by atoms with Crippen molar-refractivity contribution in [1.29, 1.82) is 0 Å². The summed E-state index contributed by atoms with van der Waals surface area (Å²) in [6, 6.07) is 0. The van der Waals surface area contributed by atoms with Gasteiger partial charge in [0.1, 0.15) is 0 Å². The molecule has 0 aliphatic carbocycles. The maximum absolute atomic E-state index is 2.61. The quantitative estimate of drug-likeness (QED) is 0.557. The second-order valence-electron chi connectivity index (χ2n) is 6.47. The lowest BCUT2D eigenvalue weighted by Crippen LogP contribution is -2.40. The molecule has 1 aliphatic heterocycles. The fourth-order valence-electron chi connectivity index (χ4n) is 2.08. The second-order valence-corrected chi connectivity index (χ2v) is 6.47. The molecule has 0 radical (unpaired) electrons. The van der Waals surface area contributed by atoms with E-state index in [-0.39, 0.29) is 0 Å². The van der Waals surface area contributed by atoms with E-state index in [1.54, 1.807) is 0 Å². The van der Waals surface area contributed by atoms with Crippen LogP contribution >= 0.6 is 0 Å². The Morgan fingerprint density at radius 3 is 1.77 bits per heavy atom. The molecule has 1 atom stereocenters. The summed E-state index contributed by atoms with van der Waals surface area (Å²) in [5.74, 6) is 0.881. The first kappa shape index (κ1) is 11.0. The van der Waals surface area contributed by atoms with Crippen LogP contribution in [0.4, 0.5) is 0 Å². The number of likely N-dealkylation sites (tertiary alicyclic amines) is 1. The molecule has 0 N–H and O–H groups in total. The number of hydrogen-bond donors (Lipinski definition) is 0. The monoisotopic (exact) mass is 183 g/mol. The number of nitrogens with zero attached hydrogens (tertiary/aromatic N) is 1. The van der Waals surface area contributed by atoms with Gasteiger partial charge in [-0.1, -0.05) is 20.8 Å². The molecule has 0 saturated carbocycles. The summed E-state index contributed by atoms with van der Waals surface area (Å²) in [4.78, 5) is 2.61. The van der Waals surface area contributed by atoms with Gasteiger partial charge >= 0.3 is 0 Å². The van der Waals surface area contributed by atoms with Crippen LogP contribution in [0.3, 0.4) is 0 Å². The van der Waals surface area contributed by atoms with E-state index in [0.29, 0.717) is 11.0 Å². The Morgan fingerprint density at radius 2 is 1.54 bits per heavy atom. The maximum Gasteiger partial charge on any atom is 0.0125 e. The first-order valence-electron chi connectivity index (χ1n) is 5.46. The molecule has 1 aliphatic rings. The zero-order valence-electron chi connectivity index (χ0n) is 10.1. The normalized spacial score (nSPS) is 26.8. The Balaban J connectivity index is 2.55. The minimum atomic E-state index is 0.361. The molecule has 1 unspecified atom stereocenters. The molecule has 1 fully saturated rings. The first-order valence-corrected chi connectivity index (χ1v) is 5.46. The predicted octanol–water partition coefficient (Wildman–Crippen LogP) is 3.15. The summed E-state index contributed by atoms with van der Waals surface area (Å²) in [6.45, 7) is 16.6. The van der Waals surface area contributed by atoms with E-state index in [1.165, 1.54) is 19.5 Å². The summed E-state index contributed by atoms with van der Waals surface area (Å²) in [5.41, 5.74) is 0.847. The van der Waals surface area contributed by atoms with Gasteiger partial charge < -0.3 is 0 Å². The van der Waals surface area contributed by atoms with Gasteiger partial charge in [-0.05, 0) is 45.1 Å². The molecule has 0 aromatic rings. The van der Waals surface area contributed by atoms with Crippen molar-refractivity contribution < 1.29 is 0 Å². The average Bonchev–Trinajstić information content (AvgIpc) is 2.28. The molecule has 1 saturated heterocycles. The van der Waals surface area contributed by atoms with E-state index in [0.717, 1.165) is 5.92 Å². The van der Waals surface area contributed by atoms with Gasteiger partial charge in [-0.25, -0.2) is 0 Å². The highest BCUT2D eigenvalue weighted by Crippen LogP contribution is 2.35. The van der Waals surface area contributed by atoms with Gasteiger partial charge in [-0.3, -0.25) is 4.90 Å². The van der Waals surface area contributed by atoms with Crippen LogP contribution in [-0.4, -0.2) is 23.5 Å². The summed E-state index contributed by atoms with van der Waals surface area (Å²) in [6.07, 6.45) is 1.38. The van der Waals surface area contributed by atoms with Crippen molar-refractivity contribution in [2.24, 2.45) is 11.3 Å². The highest BCUT2D eigenvalue weighted by molar-refractivity contribution is 4.89. The fourth-order valence-corrected chi connectivity index (χ4v) is 2.08. The average molecular weight is 183 g/mol. The molecule has 13 heavy (non-hydrogen) atoms. The molecule has 1 heterocycles. The van der Waals surface area contributed by atoms with Crippen molar-refractivity contribution >= 4 is 0 Å². The topological polar surface area (TPSA) is 3.24 Å². The lowest BCUT2D eigenvalue weighted by molar-refractivity contribution is 0.148. The molecule has 0 amide bonds. The molecule has 1 nitrogen and oxygen atoms in total. The van der Waals surface area contributed by atoms with Gasteiger partial charge in [0.25, 0.3) is 0 Å². The van der Waals surface area contributed by atoms with E-state index >= 15 is 0 Å². The van der Waals surface area contributed by atoms with E-state index in [1.807, 2.05) is 0 Å². The van der Waals surface area contributed by atoms with Crippen molar-refractivity contribution in [2.45, 2.75) is 53.5 Å². The van der Waals surface area contributed by atoms with Crippen molar-refractivity contribution in [3.05, 3.63) is 0 Å². The largest absolute Gasteiger partial charge is 0.298 e. The predicted molar refractivity (Wildman–Crippen MR) is 58.9 cm³/mol. The van der Waals surface area contributed by atoms with Crippen LogP contribution in [0.25, 0.3) is 0 Å². The lowest BCUT2D eigenvalue weighted by atomic mass is 9.80. The highest BCUT2D eigenvalue weighted by Gasteiger charge is 2.35. The number of rotatable bonds is 0. The summed E-state index contributed by atoms with van der Waals surface area (Å²) in [7, 11) is 0. The molecule has 0 bridgehead atoms. The molecule has 0 spiro atoms. The van der Waals surface area contributed by atoms with Gasteiger partial charge in [0, 0.05) is 12.1 Å². The smallest absolute Gasteiger partial charge is 0.0125 e. The van der Waals surface area contributed by atoms with Crippen molar-refractivity contribution in [1.82, 2.24) is 4.90 Å². The SMILES string of the molecule is CC(C)(C)C1CCN(C(C)(C)C)C1. The Bertz CT molecular complexity index is 151. The highest BCUT2D eigenvalue weighted by atomic mass is 15.2. The molecular formula is C12H25N. The third-order valence-corrected chi connectivity index (χ3v) is 3.36. The Hall–Kier alpha value is -0.0400. The van der Waals surface area contributed by atoms with E-state index in [9.17, 15) is 0 Å². The van der Waals surface area contributed by atoms with Crippen LogP contribution in [0, 0.1) is 11.3 Å². The van der Waals surface area contributed by atoms with Gasteiger partial charge in [0.15, 0.2) is 0 Å². The minimum Gasteiger partial charge on any atom is -0.298 e. The Morgan fingerprint density at radius 1 is 1.00 bits per heavy atom. The van der Waals surface area contributed by atoms with Crippen molar-refractivity contribution in [3.63, 3.8) is 0 Å².